The molecule has 0 spiro atoms. The predicted octanol–water partition coefficient (Wildman–Crippen LogP) is 4.44. The first-order chi connectivity index (χ1) is 12.3. The number of aryl methyl sites for hydroxylation is 1. The van der Waals surface area contributed by atoms with Gasteiger partial charge in [-0.05, 0) is 42.7 Å². The Morgan fingerprint density at radius 1 is 1.00 bits per heavy atom. The fourth-order valence-electron chi connectivity index (χ4n) is 2.70. The average molecular weight is 371 g/mol. The molecule has 0 radical (unpaired) electrons. The third kappa shape index (κ3) is 3.51. The maximum Gasteiger partial charge on any atom is 0.343 e. The molecular formula is C20H21NO4S. The van der Waals surface area contributed by atoms with Gasteiger partial charge in [-0.3, -0.25) is 0 Å². The lowest BCUT2D eigenvalue weighted by atomic mass is 10.0. The molecule has 136 valence electrons. The van der Waals surface area contributed by atoms with Crippen LogP contribution in [0.3, 0.4) is 0 Å². The standard InChI is InChI=1S/C20H21NO4S/c1-13(2)16-10-11-17(24-4)19(12-16)26(22,23)25-18-7-5-6-15-9-8-14(3)21-20(15)18/h5-13H,1-4H3. The van der Waals surface area contributed by atoms with Crippen molar-refractivity contribution in [2.75, 3.05) is 7.11 Å². The first-order valence-electron chi connectivity index (χ1n) is 8.30. The van der Waals surface area contributed by atoms with Crippen LogP contribution in [0.15, 0.2) is 53.4 Å². The highest BCUT2D eigenvalue weighted by Crippen LogP contribution is 2.32. The van der Waals surface area contributed by atoms with Crippen LogP contribution in [0.4, 0.5) is 0 Å². The molecule has 0 saturated heterocycles. The van der Waals surface area contributed by atoms with E-state index in [1.165, 1.54) is 7.11 Å². The van der Waals surface area contributed by atoms with Gasteiger partial charge in [-0.25, -0.2) is 4.98 Å². The van der Waals surface area contributed by atoms with Gasteiger partial charge in [0.15, 0.2) is 5.75 Å². The molecule has 2 aromatic carbocycles. The second kappa shape index (κ2) is 6.96. The molecule has 26 heavy (non-hydrogen) atoms. The van der Waals surface area contributed by atoms with E-state index < -0.39 is 10.1 Å². The molecule has 0 aliphatic rings. The van der Waals surface area contributed by atoms with Crippen molar-refractivity contribution in [2.24, 2.45) is 0 Å². The number of hydrogen-bond donors (Lipinski definition) is 0. The molecule has 3 aromatic rings. The van der Waals surface area contributed by atoms with Crippen LogP contribution in [0.2, 0.25) is 0 Å². The summed E-state index contributed by atoms with van der Waals surface area (Å²) in [4.78, 5) is 4.43. The lowest BCUT2D eigenvalue weighted by Gasteiger charge is -2.14. The molecule has 0 saturated carbocycles. The molecule has 0 fully saturated rings. The monoisotopic (exact) mass is 371 g/mol. The van der Waals surface area contributed by atoms with Gasteiger partial charge in [-0.2, -0.15) is 8.42 Å². The molecule has 0 aliphatic heterocycles. The number of ether oxygens (including phenoxy) is 1. The molecule has 0 unspecified atom stereocenters. The summed E-state index contributed by atoms with van der Waals surface area (Å²) in [5.74, 6) is 0.624. The van der Waals surface area contributed by atoms with Crippen LogP contribution in [-0.2, 0) is 10.1 Å². The predicted molar refractivity (Wildman–Crippen MR) is 101 cm³/mol. The summed E-state index contributed by atoms with van der Waals surface area (Å²) in [7, 11) is -2.64. The minimum Gasteiger partial charge on any atom is -0.495 e. The molecule has 1 heterocycles. The highest BCUT2D eigenvalue weighted by atomic mass is 32.2. The minimum absolute atomic E-state index is 0.0101. The van der Waals surface area contributed by atoms with E-state index in [2.05, 4.69) is 4.98 Å². The highest BCUT2D eigenvalue weighted by Gasteiger charge is 2.24. The van der Waals surface area contributed by atoms with Crippen molar-refractivity contribution in [3.63, 3.8) is 0 Å². The topological polar surface area (TPSA) is 65.5 Å². The van der Waals surface area contributed by atoms with Crippen LogP contribution >= 0.6 is 0 Å². The van der Waals surface area contributed by atoms with Gasteiger partial charge in [0.25, 0.3) is 0 Å². The Hall–Kier alpha value is -2.60. The quantitative estimate of drug-likeness (QED) is 0.620. The second-order valence-electron chi connectivity index (χ2n) is 6.38. The summed E-state index contributed by atoms with van der Waals surface area (Å²) in [5, 5.41) is 0.811. The van der Waals surface area contributed by atoms with Crippen molar-refractivity contribution in [3.05, 3.63) is 59.8 Å². The van der Waals surface area contributed by atoms with Crippen molar-refractivity contribution in [3.8, 4) is 11.5 Å². The van der Waals surface area contributed by atoms with Gasteiger partial charge in [-0.1, -0.05) is 38.1 Å². The molecule has 0 amide bonds. The van der Waals surface area contributed by atoms with Gasteiger partial charge < -0.3 is 8.92 Å². The van der Waals surface area contributed by atoms with Gasteiger partial charge in [0, 0.05) is 11.1 Å². The number of nitrogens with zero attached hydrogens (tertiary/aromatic N) is 1. The first kappa shape index (κ1) is 18.2. The highest BCUT2D eigenvalue weighted by molar-refractivity contribution is 7.87. The van der Waals surface area contributed by atoms with E-state index in [1.54, 1.807) is 24.3 Å². The van der Waals surface area contributed by atoms with E-state index in [0.717, 1.165) is 16.6 Å². The summed E-state index contributed by atoms with van der Waals surface area (Å²) < 4.78 is 36.6. The van der Waals surface area contributed by atoms with Crippen LogP contribution in [0.1, 0.15) is 31.0 Å². The Labute approximate surface area is 153 Å². The van der Waals surface area contributed by atoms with Crippen LogP contribution in [0.25, 0.3) is 10.9 Å². The van der Waals surface area contributed by atoms with Gasteiger partial charge in [0.1, 0.15) is 16.2 Å². The molecule has 1 aromatic heterocycles. The van der Waals surface area contributed by atoms with Crippen molar-refractivity contribution in [1.82, 2.24) is 4.98 Å². The second-order valence-corrected chi connectivity index (χ2v) is 7.90. The van der Waals surface area contributed by atoms with E-state index in [1.807, 2.05) is 45.0 Å². The van der Waals surface area contributed by atoms with Crippen molar-refractivity contribution in [1.29, 1.82) is 0 Å². The summed E-state index contributed by atoms with van der Waals surface area (Å²) in [6, 6.07) is 14.1. The van der Waals surface area contributed by atoms with Crippen LogP contribution in [-0.4, -0.2) is 20.5 Å². The fraction of sp³-hybridized carbons (Fsp3) is 0.250. The SMILES string of the molecule is COc1ccc(C(C)C)cc1S(=O)(=O)Oc1cccc2ccc(C)nc12. The molecular weight excluding hydrogens is 350 g/mol. The van der Waals surface area contributed by atoms with E-state index in [4.69, 9.17) is 8.92 Å². The number of aromatic nitrogens is 1. The van der Waals surface area contributed by atoms with Crippen molar-refractivity contribution in [2.45, 2.75) is 31.6 Å². The van der Waals surface area contributed by atoms with Crippen molar-refractivity contribution >= 4 is 21.0 Å². The first-order valence-corrected chi connectivity index (χ1v) is 9.71. The van der Waals surface area contributed by atoms with E-state index in [-0.39, 0.29) is 22.3 Å². The van der Waals surface area contributed by atoms with Crippen LogP contribution in [0, 0.1) is 6.92 Å². The summed E-state index contributed by atoms with van der Waals surface area (Å²) >= 11 is 0. The average Bonchev–Trinajstić information content (AvgIpc) is 2.61. The fourth-order valence-corrected chi connectivity index (χ4v) is 3.83. The van der Waals surface area contributed by atoms with E-state index in [0.29, 0.717) is 5.52 Å². The number of para-hydroxylation sites is 1. The van der Waals surface area contributed by atoms with Gasteiger partial charge in [-0.15, -0.1) is 0 Å². The Balaban J connectivity index is 2.11. The number of hydrogen-bond acceptors (Lipinski definition) is 5. The number of rotatable bonds is 5. The zero-order chi connectivity index (χ0) is 18.9. The Bertz CT molecular complexity index is 1060. The lowest BCUT2D eigenvalue weighted by Crippen LogP contribution is -2.12. The van der Waals surface area contributed by atoms with Crippen molar-refractivity contribution < 1.29 is 17.3 Å². The smallest absolute Gasteiger partial charge is 0.343 e. The molecule has 0 aliphatic carbocycles. The molecule has 5 nitrogen and oxygen atoms in total. The molecule has 0 N–H and O–H groups in total. The number of methoxy groups -OCH3 is 1. The maximum absolute atomic E-state index is 13.0. The summed E-state index contributed by atoms with van der Waals surface area (Å²) in [6.07, 6.45) is 0. The zero-order valence-electron chi connectivity index (χ0n) is 15.2. The van der Waals surface area contributed by atoms with Crippen LogP contribution in [0.5, 0.6) is 11.5 Å². The third-order valence-electron chi connectivity index (χ3n) is 4.15. The Kier molecular flexibility index (Phi) is 4.87. The van der Waals surface area contributed by atoms with Gasteiger partial charge >= 0.3 is 10.1 Å². The summed E-state index contributed by atoms with van der Waals surface area (Å²) in [6.45, 7) is 5.84. The molecule has 0 atom stereocenters. The summed E-state index contributed by atoms with van der Waals surface area (Å²) in [5.41, 5.74) is 2.18. The largest absolute Gasteiger partial charge is 0.495 e. The zero-order valence-corrected chi connectivity index (χ0v) is 16.0. The molecule has 0 bridgehead atoms. The minimum atomic E-state index is -4.08. The van der Waals surface area contributed by atoms with Crippen LogP contribution < -0.4 is 8.92 Å². The van der Waals surface area contributed by atoms with Gasteiger partial charge in [0.2, 0.25) is 0 Å². The molecule has 3 rings (SSSR count). The maximum atomic E-state index is 13.0. The normalized spacial score (nSPS) is 11.7. The number of pyridine rings is 1. The van der Waals surface area contributed by atoms with E-state index in [9.17, 15) is 8.42 Å². The Morgan fingerprint density at radius 3 is 2.46 bits per heavy atom. The van der Waals surface area contributed by atoms with Gasteiger partial charge in [0.05, 0.1) is 7.11 Å². The van der Waals surface area contributed by atoms with E-state index >= 15 is 0 Å². The third-order valence-corrected chi connectivity index (χ3v) is 5.40. The molecule has 6 heteroatoms. The Morgan fingerprint density at radius 2 is 1.77 bits per heavy atom. The number of benzene rings is 2. The number of fused-ring (bicyclic) bond motifs is 1. The lowest BCUT2D eigenvalue weighted by molar-refractivity contribution is 0.398.